The van der Waals surface area contributed by atoms with Crippen molar-refractivity contribution in [3.8, 4) is 11.5 Å². The third kappa shape index (κ3) is 3.21. The minimum atomic E-state index is -0.428. The average molecular weight is 309 g/mol. The van der Waals surface area contributed by atoms with Crippen molar-refractivity contribution in [3.63, 3.8) is 0 Å². The van der Waals surface area contributed by atoms with Gasteiger partial charge in [0.25, 0.3) is 0 Å². The van der Waals surface area contributed by atoms with Crippen LogP contribution in [0, 0.1) is 0 Å². The standard InChI is InChI=1S/C17H15N3O3/c1-11(21)23-16-13-10-18-17(19-12-6-4-3-5-7-12)20-14(13)8-9-15(16)22-2/h3-10H,1-2H3,(H,18,19,20). The quantitative estimate of drug-likeness (QED) is 0.589. The Morgan fingerprint density at radius 2 is 1.91 bits per heavy atom. The van der Waals surface area contributed by atoms with Gasteiger partial charge in [-0.25, -0.2) is 9.97 Å². The van der Waals surface area contributed by atoms with Crippen LogP contribution >= 0.6 is 0 Å². The largest absolute Gasteiger partial charge is 0.493 e. The second-order valence-electron chi connectivity index (χ2n) is 4.81. The molecule has 116 valence electrons. The van der Waals surface area contributed by atoms with E-state index in [0.717, 1.165) is 5.69 Å². The van der Waals surface area contributed by atoms with E-state index < -0.39 is 5.97 Å². The monoisotopic (exact) mass is 309 g/mol. The van der Waals surface area contributed by atoms with E-state index >= 15 is 0 Å². The smallest absolute Gasteiger partial charge is 0.308 e. The van der Waals surface area contributed by atoms with Gasteiger partial charge in [0.1, 0.15) is 0 Å². The molecule has 3 aromatic rings. The maximum absolute atomic E-state index is 11.3. The average Bonchev–Trinajstić information content (AvgIpc) is 2.55. The Bertz CT molecular complexity index is 850. The Balaban J connectivity index is 2.02. The Morgan fingerprint density at radius 1 is 1.13 bits per heavy atom. The highest BCUT2D eigenvalue weighted by molar-refractivity contribution is 5.90. The van der Waals surface area contributed by atoms with Crippen molar-refractivity contribution in [2.45, 2.75) is 6.92 Å². The van der Waals surface area contributed by atoms with Crippen LogP contribution in [-0.4, -0.2) is 23.0 Å². The van der Waals surface area contributed by atoms with E-state index in [0.29, 0.717) is 28.4 Å². The molecule has 0 aliphatic carbocycles. The molecule has 6 nitrogen and oxygen atoms in total. The molecule has 0 unspecified atom stereocenters. The van der Waals surface area contributed by atoms with Gasteiger partial charge >= 0.3 is 5.97 Å². The number of benzene rings is 2. The minimum Gasteiger partial charge on any atom is -0.493 e. The molecule has 1 heterocycles. The highest BCUT2D eigenvalue weighted by Crippen LogP contribution is 2.35. The van der Waals surface area contributed by atoms with Gasteiger partial charge < -0.3 is 14.8 Å². The number of fused-ring (bicyclic) bond motifs is 1. The lowest BCUT2D eigenvalue weighted by atomic mass is 10.2. The molecule has 0 aliphatic rings. The molecular weight excluding hydrogens is 294 g/mol. The zero-order valence-corrected chi connectivity index (χ0v) is 12.7. The summed E-state index contributed by atoms with van der Waals surface area (Å²) < 4.78 is 10.5. The molecule has 3 rings (SSSR count). The number of methoxy groups -OCH3 is 1. The van der Waals surface area contributed by atoms with E-state index in [4.69, 9.17) is 9.47 Å². The molecule has 0 saturated heterocycles. The predicted molar refractivity (Wildman–Crippen MR) is 87.1 cm³/mol. The van der Waals surface area contributed by atoms with E-state index in [9.17, 15) is 4.79 Å². The molecule has 23 heavy (non-hydrogen) atoms. The van der Waals surface area contributed by atoms with Crippen LogP contribution < -0.4 is 14.8 Å². The first-order valence-corrected chi connectivity index (χ1v) is 7.01. The van der Waals surface area contributed by atoms with Gasteiger partial charge in [-0.3, -0.25) is 4.79 Å². The number of nitrogens with one attached hydrogen (secondary N) is 1. The summed E-state index contributed by atoms with van der Waals surface area (Å²) in [5.74, 6) is 0.814. The molecule has 0 fully saturated rings. The highest BCUT2D eigenvalue weighted by Gasteiger charge is 2.14. The number of carbonyl (C=O) groups excluding carboxylic acids is 1. The molecule has 0 spiro atoms. The van der Waals surface area contributed by atoms with E-state index in [1.807, 2.05) is 30.3 Å². The van der Waals surface area contributed by atoms with Crippen LogP contribution in [0.3, 0.4) is 0 Å². The molecule has 1 N–H and O–H groups in total. The zero-order chi connectivity index (χ0) is 16.2. The number of hydrogen-bond acceptors (Lipinski definition) is 6. The first kappa shape index (κ1) is 14.8. The predicted octanol–water partition coefficient (Wildman–Crippen LogP) is 3.31. The topological polar surface area (TPSA) is 73.3 Å². The highest BCUT2D eigenvalue weighted by atomic mass is 16.6. The summed E-state index contributed by atoms with van der Waals surface area (Å²) in [6, 6.07) is 13.1. The number of carbonyl (C=O) groups is 1. The first-order chi connectivity index (χ1) is 11.2. The normalized spacial score (nSPS) is 10.3. The second kappa shape index (κ2) is 6.31. The van der Waals surface area contributed by atoms with Crippen LogP contribution in [0.25, 0.3) is 10.9 Å². The number of ether oxygens (including phenoxy) is 2. The number of anilines is 2. The molecule has 0 atom stereocenters. The van der Waals surface area contributed by atoms with Crippen LogP contribution in [0.15, 0.2) is 48.7 Å². The summed E-state index contributed by atoms with van der Waals surface area (Å²) in [4.78, 5) is 20.0. The zero-order valence-electron chi connectivity index (χ0n) is 12.7. The van der Waals surface area contributed by atoms with Gasteiger partial charge in [-0.05, 0) is 24.3 Å². The van der Waals surface area contributed by atoms with Crippen LogP contribution in [0.5, 0.6) is 11.5 Å². The van der Waals surface area contributed by atoms with E-state index in [1.54, 1.807) is 18.3 Å². The maximum atomic E-state index is 11.3. The van der Waals surface area contributed by atoms with E-state index in [1.165, 1.54) is 14.0 Å². The third-order valence-electron chi connectivity index (χ3n) is 3.17. The van der Waals surface area contributed by atoms with Crippen molar-refractivity contribution in [1.29, 1.82) is 0 Å². The fraction of sp³-hybridized carbons (Fsp3) is 0.118. The van der Waals surface area contributed by atoms with Crippen molar-refractivity contribution in [2.24, 2.45) is 0 Å². The van der Waals surface area contributed by atoms with E-state index in [2.05, 4.69) is 15.3 Å². The van der Waals surface area contributed by atoms with E-state index in [-0.39, 0.29) is 0 Å². The SMILES string of the molecule is COc1ccc2nc(Nc3ccccc3)ncc2c1OC(C)=O. The van der Waals surface area contributed by atoms with Crippen molar-refractivity contribution in [1.82, 2.24) is 9.97 Å². The van der Waals surface area contributed by atoms with Crippen LogP contribution in [0.1, 0.15) is 6.92 Å². The number of hydrogen-bond donors (Lipinski definition) is 1. The van der Waals surface area contributed by atoms with Crippen LogP contribution in [-0.2, 0) is 4.79 Å². The molecule has 0 amide bonds. The van der Waals surface area contributed by atoms with Crippen molar-refractivity contribution in [2.75, 3.05) is 12.4 Å². The van der Waals surface area contributed by atoms with Crippen molar-refractivity contribution >= 4 is 28.5 Å². The van der Waals surface area contributed by atoms with Gasteiger partial charge in [-0.15, -0.1) is 0 Å². The van der Waals surface area contributed by atoms with Crippen LogP contribution in [0.4, 0.5) is 11.6 Å². The molecule has 0 saturated carbocycles. The van der Waals surface area contributed by atoms with Crippen LogP contribution in [0.2, 0.25) is 0 Å². The Labute approximate surface area is 133 Å². The molecule has 2 aromatic carbocycles. The summed E-state index contributed by atoms with van der Waals surface area (Å²) in [5, 5.41) is 3.73. The van der Waals surface area contributed by atoms with Gasteiger partial charge in [0.15, 0.2) is 11.5 Å². The Kier molecular flexibility index (Phi) is 4.05. The molecule has 0 radical (unpaired) electrons. The Morgan fingerprint density at radius 3 is 2.61 bits per heavy atom. The van der Waals surface area contributed by atoms with Gasteiger partial charge in [0, 0.05) is 18.8 Å². The molecule has 0 aliphatic heterocycles. The lowest BCUT2D eigenvalue weighted by molar-refractivity contribution is -0.131. The number of nitrogens with zero attached hydrogens (tertiary/aromatic N) is 2. The molecule has 6 heteroatoms. The van der Waals surface area contributed by atoms with Gasteiger partial charge in [-0.1, -0.05) is 18.2 Å². The molecule has 0 bridgehead atoms. The first-order valence-electron chi connectivity index (χ1n) is 7.01. The number of aromatic nitrogens is 2. The lowest BCUT2D eigenvalue weighted by Crippen LogP contribution is -2.04. The van der Waals surface area contributed by atoms with Crippen molar-refractivity contribution in [3.05, 3.63) is 48.7 Å². The molecule has 1 aromatic heterocycles. The van der Waals surface area contributed by atoms with Crippen molar-refractivity contribution < 1.29 is 14.3 Å². The summed E-state index contributed by atoms with van der Waals surface area (Å²) in [7, 11) is 1.51. The fourth-order valence-electron chi connectivity index (χ4n) is 2.18. The molecular formula is C17H15N3O3. The maximum Gasteiger partial charge on any atom is 0.308 e. The lowest BCUT2D eigenvalue weighted by Gasteiger charge is -2.11. The fourth-order valence-corrected chi connectivity index (χ4v) is 2.18. The summed E-state index contributed by atoms with van der Waals surface area (Å²) in [6.45, 7) is 1.34. The third-order valence-corrected chi connectivity index (χ3v) is 3.17. The number of esters is 1. The van der Waals surface area contributed by atoms with Gasteiger partial charge in [0.2, 0.25) is 5.95 Å². The summed E-state index contributed by atoms with van der Waals surface area (Å²) >= 11 is 0. The summed E-state index contributed by atoms with van der Waals surface area (Å²) in [5.41, 5.74) is 1.54. The second-order valence-corrected chi connectivity index (χ2v) is 4.81. The van der Waals surface area contributed by atoms with Gasteiger partial charge in [0.05, 0.1) is 18.0 Å². The number of rotatable bonds is 4. The minimum absolute atomic E-state index is 0.323. The Hall–Kier alpha value is -3.15. The number of para-hydroxylation sites is 1. The van der Waals surface area contributed by atoms with Gasteiger partial charge in [-0.2, -0.15) is 0 Å². The summed E-state index contributed by atoms with van der Waals surface area (Å²) in [6.07, 6.45) is 1.61.